The van der Waals surface area contributed by atoms with Gasteiger partial charge >= 0.3 is 0 Å². The van der Waals surface area contributed by atoms with Gasteiger partial charge in [0, 0.05) is 36.8 Å². The van der Waals surface area contributed by atoms with Gasteiger partial charge in [0.25, 0.3) is 0 Å². The summed E-state index contributed by atoms with van der Waals surface area (Å²) in [5.74, 6) is 0.187. The molecule has 0 bridgehead atoms. The van der Waals surface area contributed by atoms with E-state index in [0.717, 1.165) is 54.5 Å². The molecule has 2 aliphatic rings. The molecular formula is C31H30F2N6O2. The third kappa shape index (κ3) is 4.91. The number of aryl methyl sites for hydroxylation is 1. The van der Waals surface area contributed by atoms with Crippen molar-refractivity contribution in [3.05, 3.63) is 71.7 Å². The van der Waals surface area contributed by atoms with E-state index < -0.39 is 11.4 Å². The smallest absolute Gasteiger partial charge is 0.246 e. The maximum Gasteiger partial charge on any atom is 0.246 e. The Hall–Kier alpha value is -4.02. The average molecular weight is 557 g/mol. The Kier molecular flexibility index (Phi) is 6.20. The fraction of sp³-hybridized carbons (Fsp3) is 0.355. The molecule has 0 radical (unpaired) electrons. The van der Waals surface area contributed by atoms with Crippen molar-refractivity contribution in [2.45, 2.75) is 56.6 Å². The number of benzene rings is 2. The molecule has 41 heavy (non-hydrogen) atoms. The molecule has 0 spiro atoms. The highest BCUT2D eigenvalue weighted by atomic mass is 19.1. The highest BCUT2D eigenvalue weighted by molar-refractivity contribution is 5.83. The minimum atomic E-state index is -0.675. The highest BCUT2D eigenvalue weighted by Gasteiger charge is 2.34. The summed E-state index contributed by atoms with van der Waals surface area (Å²) in [5, 5.41) is 21.9. The number of fused-ring (bicyclic) bond motifs is 1. The third-order valence-electron chi connectivity index (χ3n) is 8.29. The fourth-order valence-electron chi connectivity index (χ4n) is 5.48. The number of halogens is 2. The second kappa shape index (κ2) is 9.81. The van der Waals surface area contributed by atoms with Crippen LogP contribution in [0.3, 0.4) is 0 Å². The molecule has 0 saturated heterocycles. The van der Waals surface area contributed by atoms with Crippen molar-refractivity contribution in [3.8, 4) is 34.1 Å². The van der Waals surface area contributed by atoms with Gasteiger partial charge in [-0.05, 0) is 92.1 Å². The van der Waals surface area contributed by atoms with Gasteiger partial charge in [0.1, 0.15) is 23.4 Å². The molecule has 3 heterocycles. The van der Waals surface area contributed by atoms with Crippen molar-refractivity contribution in [3.63, 3.8) is 0 Å². The molecule has 7 rings (SSSR count). The maximum absolute atomic E-state index is 15.3. The molecule has 5 aromatic rings. The van der Waals surface area contributed by atoms with Crippen LogP contribution in [0.2, 0.25) is 0 Å². The molecule has 2 N–H and O–H groups in total. The molecule has 0 aliphatic heterocycles. The van der Waals surface area contributed by atoms with Crippen LogP contribution in [0.25, 0.3) is 45.2 Å². The van der Waals surface area contributed by atoms with Crippen LogP contribution in [0.1, 0.15) is 62.2 Å². The Labute approximate surface area is 235 Å². The number of hydrogen-bond donors (Lipinski definition) is 2. The molecule has 0 amide bonds. The number of rotatable bonds is 8. The summed E-state index contributed by atoms with van der Waals surface area (Å²) < 4.78 is 37.3. The lowest BCUT2D eigenvalue weighted by Gasteiger charge is -2.37. The lowest BCUT2D eigenvalue weighted by Crippen LogP contribution is -2.46. The van der Waals surface area contributed by atoms with Crippen LogP contribution in [-0.4, -0.2) is 42.0 Å². The summed E-state index contributed by atoms with van der Waals surface area (Å²) in [6.45, 7) is 2.40. The van der Waals surface area contributed by atoms with Gasteiger partial charge in [0.05, 0.1) is 5.60 Å². The van der Waals surface area contributed by atoms with Gasteiger partial charge in [0.15, 0.2) is 17.2 Å². The Balaban J connectivity index is 1.28. The van der Waals surface area contributed by atoms with Gasteiger partial charge in [-0.1, -0.05) is 6.07 Å². The second-order valence-electron chi connectivity index (χ2n) is 11.4. The zero-order valence-corrected chi connectivity index (χ0v) is 22.9. The molecule has 2 saturated carbocycles. The van der Waals surface area contributed by atoms with Gasteiger partial charge in [-0.25, -0.2) is 18.7 Å². The van der Waals surface area contributed by atoms with Crippen molar-refractivity contribution < 1.29 is 18.3 Å². The predicted octanol–water partition coefficient (Wildman–Crippen LogP) is 6.07. The monoisotopic (exact) mass is 556 g/mol. The molecule has 10 heteroatoms. The molecular weight excluding hydrogens is 526 g/mol. The first-order chi connectivity index (χ1) is 19.8. The molecule has 0 unspecified atom stereocenters. The van der Waals surface area contributed by atoms with E-state index in [1.165, 1.54) is 18.2 Å². The predicted molar refractivity (Wildman–Crippen MR) is 150 cm³/mol. The number of hydrogen-bond acceptors (Lipinski definition) is 7. The Morgan fingerprint density at radius 2 is 1.93 bits per heavy atom. The van der Waals surface area contributed by atoms with E-state index in [2.05, 4.69) is 20.5 Å². The number of aliphatic hydroxyl groups is 1. The van der Waals surface area contributed by atoms with E-state index in [9.17, 15) is 9.50 Å². The largest absolute Gasteiger partial charge is 0.432 e. The number of oxazole rings is 1. The summed E-state index contributed by atoms with van der Waals surface area (Å²) in [7, 11) is 1.81. The van der Waals surface area contributed by atoms with E-state index in [4.69, 9.17) is 9.40 Å². The van der Waals surface area contributed by atoms with E-state index in [1.807, 2.05) is 32.2 Å². The zero-order valence-electron chi connectivity index (χ0n) is 22.9. The van der Waals surface area contributed by atoms with Crippen LogP contribution >= 0.6 is 0 Å². The summed E-state index contributed by atoms with van der Waals surface area (Å²) in [6.07, 6.45) is 6.21. The first kappa shape index (κ1) is 25.9. The number of nitrogens with one attached hydrogen (secondary N) is 1. The van der Waals surface area contributed by atoms with Crippen molar-refractivity contribution in [1.29, 1.82) is 0 Å². The Bertz CT molecular complexity index is 1770. The fourth-order valence-corrected chi connectivity index (χ4v) is 5.48. The first-order valence-electron chi connectivity index (χ1n) is 14.0. The van der Waals surface area contributed by atoms with Crippen molar-refractivity contribution in [2.24, 2.45) is 7.05 Å². The maximum atomic E-state index is 15.3. The summed E-state index contributed by atoms with van der Waals surface area (Å²) in [5.41, 5.74) is 4.06. The van der Waals surface area contributed by atoms with Crippen LogP contribution in [0, 0.1) is 11.6 Å². The molecule has 2 aromatic carbocycles. The highest BCUT2D eigenvalue weighted by Crippen LogP contribution is 2.43. The minimum Gasteiger partial charge on any atom is -0.432 e. The van der Waals surface area contributed by atoms with Gasteiger partial charge < -0.3 is 19.4 Å². The minimum absolute atomic E-state index is 0.0651. The summed E-state index contributed by atoms with van der Waals surface area (Å²) in [4.78, 5) is 9.49. The van der Waals surface area contributed by atoms with Crippen molar-refractivity contribution in [2.75, 3.05) is 6.54 Å². The summed E-state index contributed by atoms with van der Waals surface area (Å²) >= 11 is 0. The lowest BCUT2D eigenvalue weighted by molar-refractivity contribution is -0.0329. The zero-order chi connectivity index (χ0) is 28.3. The van der Waals surface area contributed by atoms with Crippen molar-refractivity contribution >= 4 is 11.1 Å². The van der Waals surface area contributed by atoms with Crippen LogP contribution in [0.15, 0.2) is 53.2 Å². The van der Waals surface area contributed by atoms with Gasteiger partial charge in [-0.15, -0.1) is 10.2 Å². The average Bonchev–Trinajstić information content (AvgIpc) is 3.56. The molecule has 2 fully saturated rings. The van der Waals surface area contributed by atoms with E-state index in [0.29, 0.717) is 35.1 Å². The summed E-state index contributed by atoms with van der Waals surface area (Å²) in [6, 6.07) is 11.5. The van der Waals surface area contributed by atoms with Crippen LogP contribution in [0.5, 0.6) is 0 Å². The molecule has 1 atom stereocenters. The van der Waals surface area contributed by atoms with Gasteiger partial charge in [-0.2, -0.15) is 0 Å². The van der Waals surface area contributed by atoms with Crippen LogP contribution in [0.4, 0.5) is 8.78 Å². The van der Waals surface area contributed by atoms with E-state index in [-0.39, 0.29) is 23.3 Å². The van der Waals surface area contributed by atoms with Crippen LogP contribution < -0.4 is 5.32 Å². The SMILES string of the molecule is C[C@@H](NCC1(O)CCC1)c1cc(F)c2oc(-c3cc(-c4ccc(F)cc4-c4nncn4C)cc(C4CC4)n3)nc2c1. The van der Waals surface area contributed by atoms with E-state index >= 15 is 4.39 Å². The van der Waals surface area contributed by atoms with Gasteiger partial charge in [0.2, 0.25) is 5.89 Å². The second-order valence-corrected chi connectivity index (χ2v) is 11.4. The Morgan fingerprint density at radius 3 is 2.63 bits per heavy atom. The quantitative estimate of drug-likeness (QED) is 0.239. The lowest BCUT2D eigenvalue weighted by atomic mass is 9.80. The number of aromatic nitrogens is 5. The molecule has 8 nitrogen and oxygen atoms in total. The first-order valence-corrected chi connectivity index (χ1v) is 14.0. The number of nitrogens with zero attached hydrogens (tertiary/aromatic N) is 5. The standard InChI is InChI=1S/C31H30F2N6O2/c1-17(34-15-31(40)8-3-9-31)19-10-24(33)28-26(11-19)37-30(41-28)27-13-20(12-25(36-27)18-4-5-18)22-7-6-21(32)14-23(22)29-38-35-16-39(29)2/h6-7,10-14,16-18,34,40H,3-5,8-9,15H2,1-2H3/t17-/m1/s1. The normalized spacial score (nSPS) is 17.1. The molecule has 210 valence electrons. The van der Waals surface area contributed by atoms with E-state index in [1.54, 1.807) is 17.0 Å². The number of pyridine rings is 1. The van der Waals surface area contributed by atoms with Crippen LogP contribution in [-0.2, 0) is 7.05 Å². The van der Waals surface area contributed by atoms with Gasteiger partial charge in [-0.3, -0.25) is 0 Å². The Morgan fingerprint density at radius 1 is 1.10 bits per heavy atom. The van der Waals surface area contributed by atoms with Crippen molar-refractivity contribution in [1.82, 2.24) is 30.0 Å². The third-order valence-corrected chi connectivity index (χ3v) is 8.29. The molecule has 3 aromatic heterocycles. The molecule has 2 aliphatic carbocycles. The topological polar surface area (TPSA) is 102 Å².